The lowest BCUT2D eigenvalue weighted by molar-refractivity contribution is -0.147. The molecule has 4 nitrogen and oxygen atoms in total. The Hall–Kier alpha value is -1.06. The molecule has 0 radical (unpaired) electrons. The van der Waals surface area contributed by atoms with Crippen molar-refractivity contribution in [3.63, 3.8) is 0 Å². The Labute approximate surface area is 151 Å². The van der Waals surface area contributed by atoms with Crippen molar-refractivity contribution < 1.29 is 9.59 Å². The van der Waals surface area contributed by atoms with Gasteiger partial charge < -0.3 is 10.6 Å². The van der Waals surface area contributed by atoms with Gasteiger partial charge in [-0.25, -0.2) is 0 Å². The molecule has 2 amide bonds. The van der Waals surface area contributed by atoms with Crippen LogP contribution in [0.5, 0.6) is 0 Å². The molecule has 0 aromatic rings. The van der Waals surface area contributed by atoms with Gasteiger partial charge in [-0.3, -0.25) is 9.59 Å². The number of hydrogen-bond acceptors (Lipinski definition) is 2. The molecule has 5 rings (SSSR count). The summed E-state index contributed by atoms with van der Waals surface area (Å²) in [5, 5.41) is 6.18. The fourth-order valence-corrected chi connectivity index (χ4v) is 6.78. The van der Waals surface area contributed by atoms with Gasteiger partial charge in [-0.15, -0.1) is 0 Å². The Balaban J connectivity index is 1.29. The number of carbonyl (C=O) groups excluding carboxylic acids is 2. The van der Waals surface area contributed by atoms with Gasteiger partial charge in [0.1, 0.15) is 0 Å². The molecule has 5 saturated carbocycles. The zero-order valence-corrected chi connectivity index (χ0v) is 15.9. The topological polar surface area (TPSA) is 58.2 Å². The number of carbonyl (C=O) groups is 2. The average molecular weight is 347 g/mol. The zero-order valence-electron chi connectivity index (χ0n) is 15.9. The summed E-state index contributed by atoms with van der Waals surface area (Å²) in [6.07, 6.45) is 10.7. The van der Waals surface area contributed by atoms with E-state index < -0.39 is 0 Å². The van der Waals surface area contributed by atoms with Crippen LogP contribution in [0.4, 0.5) is 0 Å². The normalized spacial score (nSPS) is 45.2. The summed E-state index contributed by atoms with van der Waals surface area (Å²) in [7, 11) is 0. The lowest BCUT2D eigenvalue weighted by Gasteiger charge is -2.55. The van der Waals surface area contributed by atoms with Crippen LogP contribution in [0.3, 0.4) is 0 Å². The van der Waals surface area contributed by atoms with Crippen LogP contribution in [0.1, 0.15) is 71.6 Å². The van der Waals surface area contributed by atoms with Crippen molar-refractivity contribution in [3.8, 4) is 0 Å². The van der Waals surface area contributed by atoms with Gasteiger partial charge in [-0.1, -0.05) is 26.7 Å². The molecule has 140 valence electrons. The number of nitrogens with one attached hydrogen (secondary N) is 2. The van der Waals surface area contributed by atoms with Crippen LogP contribution in [0.25, 0.3) is 0 Å². The van der Waals surface area contributed by atoms with Crippen LogP contribution in [-0.4, -0.2) is 24.4 Å². The lowest BCUT2D eigenvalue weighted by Crippen LogP contribution is -2.55. The molecular formula is C21H34N2O2. The summed E-state index contributed by atoms with van der Waals surface area (Å²) in [5.41, 5.74) is -0.151. The van der Waals surface area contributed by atoms with E-state index in [4.69, 9.17) is 0 Å². The molecule has 0 saturated heterocycles. The van der Waals surface area contributed by atoms with E-state index in [1.807, 2.05) is 0 Å². The second-order valence-corrected chi connectivity index (χ2v) is 9.82. The van der Waals surface area contributed by atoms with Crippen LogP contribution in [0, 0.1) is 35.0 Å². The van der Waals surface area contributed by atoms with E-state index in [9.17, 15) is 9.59 Å². The number of amides is 2. The minimum atomic E-state index is -0.151. The Morgan fingerprint density at radius 3 is 2.16 bits per heavy atom. The third-order valence-electron chi connectivity index (χ3n) is 7.98. The van der Waals surface area contributed by atoms with E-state index in [0.717, 1.165) is 43.4 Å². The van der Waals surface area contributed by atoms with E-state index >= 15 is 0 Å². The van der Waals surface area contributed by atoms with Gasteiger partial charge in [0.05, 0.1) is 6.54 Å². The third-order valence-corrected chi connectivity index (χ3v) is 7.98. The van der Waals surface area contributed by atoms with Crippen LogP contribution in [0.15, 0.2) is 0 Å². The predicted molar refractivity (Wildman–Crippen MR) is 97.7 cm³/mol. The largest absolute Gasteiger partial charge is 0.352 e. The number of rotatable bonds is 4. The van der Waals surface area contributed by atoms with Gasteiger partial charge in [0, 0.05) is 11.5 Å². The van der Waals surface area contributed by atoms with Crippen molar-refractivity contribution in [3.05, 3.63) is 0 Å². The molecule has 2 N–H and O–H groups in total. The molecule has 25 heavy (non-hydrogen) atoms. The van der Waals surface area contributed by atoms with E-state index in [2.05, 4.69) is 24.5 Å². The minimum absolute atomic E-state index is 0.0102. The second kappa shape index (κ2) is 6.59. The van der Waals surface area contributed by atoms with Gasteiger partial charge in [-0.2, -0.15) is 0 Å². The first-order chi connectivity index (χ1) is 11.9. The molecule has 5 aliphatic carbocycles. The molecule has 0 aliphatic heterocycles. The van der Waals surface area contributed by atoms with Crippen LogP contribution >= 0.6 is 0 Å². The molecule has 0 aromatic carbocycles. The van der Waals surface area contributed by atoms with E-state index in [1.54, 1.807) is 0 Å². The summed E-state index contributed by atoms with van der Waals surface area (Å²) in [6.45, 7) is 4.67. The van der Waals surface area contributed by atoms with Crippen molar-refractivity contribution in [1.29, 1.82) is 0 Å². The maximum atomic E-state index is 12.9. The third kappa shape index (κ3) is 3.33. The summed E-state index contributed by atoms with van der Waals surface area (Å²) in [4.78, 5) is 25.3. The first kappa shape index (κ1) is 17.4. The molecule has 5 aliphatic rings. The molecule has 3 atom stereocenters. The Morgan fingerprint density at radius 1 is 0.960 bits per heavy atom. The van der Waals surface area contributed by atoms with Crippen molar-refractivity contribution >= 4 is 11.8 Å². The first-order valence-electron chi connectivity index (χ1n) is 10.5. The Bertz CT molecular complexity index is 509. The quantitative estimate of drug-likeness (QED) is 0.821. The fourth-order valence-electron chi connectivity index (χ4n) is 6.78. The van der Waals surface area contributed by atoms with Gasteiger partial charge in [0.15, 0.2) is 0 Å². The highest BCUT2D eigenvalue weighted by molar-refractivity contribution is 5.88. The van der Waals surface area contributed by atoms with Gasteiger partial charge in [0.25, 0.3) is 0 Å². The molecule has 0 spiro atoms. The summed E-state index contributed by atoms with van der Waals surface area (Å²) >= 11 is 0. The first-order valence-corrected chi connectivity index (χ1v) is 10.5. The molecule has 5 fully saturated rings. The summed E-state index contributed by atoms with van der Waals surface area (Å²) < 4.78 is 0. The van der Waals surface area contributed by atoms with E-state index in [0.29, 0.717) is 11.8 Å². The molecular weight excluding hydrogens is 312 g/mol. The summed E-state index contributed by atoms with van der Waals surface area (Å²) in [6, 6.07) is 0.271. The van der Waals surface area contributed by atoms with E-state index in [1.165, 1.54) is 32.1 Å². The average Bonchev–Trinajstić information content (AvgIpc) is 2.55. The van der Waals surface area contributed by atoms with Crippen LogP contribution < -0.4 is 10.6 Å². The Kier molecular flexibility index (Phi) is 4.57. The smallest absolute Gasteiger partial charge is 0.239 e. The standard InChI is InChI=1S/C21H34N2O2/c1-13-4-3-5-18(14(13)2)23-19(24)12-22-20(25)21-9-15-6-16(10-21)8-17(7-15)11-21/h13-18H,3-12H2,1-2H3,(H,22,25)(H,23,24). The van der Waals surface area contributed by atoms with Crippen LogP contribution in [-0.2, 0) is 9.59 Å². The van der Waals surface area contributed by atoms with Crippen molar-refractivity contribution in [2.45, 2.75) is 77.7 Å². The lowest BCUT2D eigenvalue weighted by atomic mass is 9.49. The van der Waals surface area contributed by atoms with Crippen molar-refractivity contribution in [2.75, 3.05) is 6.54 Å². The second-order valence-electron chi connectivity index (χ2n) is 9.82. The molecule has 4 heteroatoms. The molecule has 4 bridgehead atoms. The molecule has 0 heterocycles. The minimum Gasteiger partial charge on any atom is -0.352 e. The van der Waals surface area contributed by atoms with Gasteiger partial charge >= 0.3 is 0 Å². The summed E-state index contributed by atoms with van der Waals surface area (Å²) in [5.74, 6) is 3.62. The highest BCUT2D eigenvalue weighted by Crippen LogP contribution is 2.60. The fraction of sp³-hybridized carbons (Fsp3) is 0.905. The maximum absolute atomic E-state index is 12.9. The number of hydrogen-bond donors (Lipinski definition) is 2. The van der Waals surface area contributed by atoms with Gasteiger partial charge in [0.2, 0.25) is 11.8 Å². The van der Waals surface area contributed by atoms with Gasteiger partial charge in [-0.05, 0) is 74.5 Å². The predicted octanol–water partition coefficient (Wildman–Crippen LogP) is 3.26. The highest BCUT2D eigenvalue weighted by Gasteiger charge is 2.54. The monoisotopic (exact) mass is 346 g/mol. The van der Waals surface area contributed by atoms with Crippen molar-refractivity contribution in [1.82, 2.24) is 10.6 Å². The zero-order chi connectivity index (χ0) is 17.6. The Morgan fingerprint density at radius 2 is 1.56 bits per heavy atom. The molecule has 3 unspecified atom stereocenters. The van der Waals surface area contributed by atoms with E-state index in [-0.39, 0.29) is 29.8 Å². The SMILES string of the molecule is CC1CCCC(NC(=O)CNC(=O)C23CC4CC(CC(C4)C2)C3)C1C. The highest BCUT2D eigenvalue weighted by atomic mass is 16.2. The van der Waals surface area contributed by atoms with Crippen LogP contribution in [0.2, 0.25) is 0 Å². The maximum Gasteiger partial charge on any atom is 0.239 e. The van der Waals surface area contributed by atoms with Crippen molar-refractivity contribution in [2.24, 2.45) is 35.0 Å². The molecule has 0 aromatic heterocycles.